The van der Waals surface area contributed by atoms with Crippen molar-refractivity contribution in [2.75, 3.05) is 0 Å². The van der Waals surface area contributed by atoms with Crippen LogP contribution in [0, 0.1) is 11.6 Å². The van der Waals surface area contributed by atoms with Gasteiger partial charge in [0.05, 0.1) is 6.54 Å². The van der Waals surface area contributed by atoms with Crippen molar-refractivity contribution in [2.24, 2.45) is 0 Å². The molecule has 0 saturated carbocycles. The molecule has 3 aromatic carbocycles. The Morgan fingerprint density at radius 3 is 2.31 bits per heavy atom. The van der Waals surface area contributed by atoms with E-state index in [2.05, 4.69) is 20.4 Å². The zero-order chi connectivity index (χ0) is 24.7. The zero-order valence-corrected chi connectivity index (χ0v) is 20.1. The normalized spacial score (nSPS) is 13.6. The average Bonchev–Trinajstić information content (AvgIpc) is 3.50. The van der Waals surface area contributed by atoms with Crippen LogP contribution in [-0.4, -0.2) is 25.5 Å². The minimum Gasteiger partial charge on any atom is -0.440 e. The molecule has 0 radical (unpaired) electrons. The smallest absolute Gasteiger partial charge is 0.305 e. The molecule has 0 aliphatic carbocycles. The quantitative estimate of drug-likeness (QED) is 0.344. The standard InChI is InChI=1S/C27H21N5O3S/c1-17-14-24(36)32-26(29-17)30-23(31-32)16-28-25(33)18-12-13-21-22(15-18)35-27(34-21,19-8-4-2-5-9-19)20-10-6-3-7-11-20/h2-15H,16H2,1H3,(H,28,33)(H,29,30,31). The van der Waals surface area contributed by atoms with Crippen LogP contribution in [0.4, 0.5) is 0 Å². The minimum atomic E-state index is -1.14. The van der Waals surface area contributed by atoms with Crippen molar-refractivity contribution < 1.29 is 14.3 Å². The monoisotopic (exact) mass is 495 g/mol. The first-order valence-corrected chi connectivity index (χ1v) is 11.8. The molecule has 5 aromatic rings. The van der Waals surface area contributed by atoms with Crippen LogP contribution >= 0.6 is 12.2 Å². The van der Waals surface area contributed by atoms with Crippen molar-refractivity contribution in [1.29, 1.82) is 0 Å². The maximum absolute atomic E-state index is 13.0. The van der Waals surface area contributed by atoms with E-state index in [1.54, 1.807) is 28.8 Å². The number of aromatic nitrogens is 4. The van der Waals surface area contributed by atoms with E-state index in [1.165, 1.54) is 0 Å². The number of ether oxygens (including phenoxy) is 2. The number of hydrogen-bond acceptors (Lipinski definition) is 6. The van der Waals surface area contributed by atoms with Crippen LogP contribution in [-0.2, 0) is 12.3 Å². The van der Waals surface area contributed by atoms with Crippen molar-refractivity contribution in [1.82, 2.24) is 24.9 Å². The van der Waals surface area contributed by atoms with Crippen LogP contribution in [0.2, 0.25) is 0 Å². The maximum Gasteiger partial charge on any atom is 0.305 e. The van der Waals surface area contributed by atoms with Gasteiger partial charge in [-0.05, 0) is 31.2 Å². The van der Waals surface area contributed by atoms with E-state index >= 15 is 0 Å². The highest BCUT2D eigenvalue weighted by Crippen LogP contribution is 2.47. The first kappa shape index (κ1) is 22.0. The number of benzene rings is 3. The van der Waals surface area contributed by atoms with Crippen LogP contribution in [0.3, 0.4) is 0 Å². The lowest BCUT2D eigenvalue weighted by Gasteiger charge is -2.28. The van der Waals surface area contributed by atoms with E-state index in [0.29, 0.717) is 33.3 Å². The van der Waals surface area contributed by atoms with Gasteiger partial charge in [-0.3, -0.25) is 9.89 Å². The molecule has 6 rings (SSSR count). The number of nitrogens with zero attached hydrogens (tertiary/aromatic N) is 3. The lowest BCUT2D eigenvalue weighted by molar-refractivity contribution is -0.0459. The van der Waals surface area contributed by atoms with Gasteiger partial charge in [-0.15, -0.1) is 0 Å². The van der Waals surface area contributed by atoms with E-state index in [0.717, 1.165) is 16.8 Å². The summed E-state index contributed by atoms with van der Waals surface area (Å²) in [6.07, 6.45) is 0. The fourth-order valence-corrected chi connectivity index (χ4v) is 4.54. The van der Waals surface area contributed by atoms with Crippen molar-refractivity contribution in [3.63, 3.8) is 0 Å². The topological polar surface area (TPSA) is 93.5 Å². The molecule has 0 bridgehead atoms. The highest BCUT2D eigenvalue weighted by molar-refractivity contribution is 7.71. The fourth-order valence-electron chi connectivity index (χ4n) is 4.24. The molecule has 1 aliphatic rings. The number of aryl methyl sites for hydroxylation is 1. The molecule has 36 heavy (non-hydrogen) atoms. The average molecular weight is 496 g/mol. The molecule has 3 heterocycles. The number of fused-ring (bicyclic) bond motifs is 2. The molecule has 0 spiro atoms. The first-order chi connectivity index (χ1) is 17.5. The Kier molecular flexibility index (Phi) is 5.26. The number of carbonyl (C=O) groups excluding carboxylic acids is 1. The molecule has 1 amide bonds. The number of carbonyl (C=O) groups is 1. The SMILES string of the molecule is Cc1cc(=S)n2[nH]c(CNC(=O)c3ccc4c(c3)OC(c3ccccc3)(c3ccccc3)O4)nc2n1. The van der Waals surface area contributed by atoms with Gasteiger partial charge in [0.15, 0.2) is 11.5 Å². The van der Waals surface area contributed by atoms with Crippen molar-refractivity contribution in [3.8, 4) is 11.5 Å². The molecule has 0 fully saturated rings. The number of hydrogen-bond donors (Lipinski definition) is 2. The van der Waals surface area contributed by atoms with Crippen LogP contribution < -0.4 is 14.8 Å². The molecule has 2 aromatic heterocycles. The van der Waals surface area contributed by atoms with Gasteiger partial charge in [0.25, 0.3) is 11.7 Å². The number of amides is 1. The van der Waals surface area contributed by atoms with Crippen LogP contribution in [0.5, 0.6) is 11.5 Å². The van der Waals surface area contributed by atoms with E-state index in [-0.39, 0.29) is 12.5 Å². The van der Waals surface area contributed by atoms with Crippen LogP contribution in [0.25, 0.3) is 5.78 Å². The number of nitrogens with one attached hydrogen (secondary N) is 2. The van der Waals surface area contributed by atoms with Gasteiger partial charge in [-0.2, -0.15) is 4.98 Å². The Morgan fingerprint density at radius 1 is 0.944 bits per heavy atom. The Morgan fingerprint density at radius 2 is 1.61 bits per heavy atom. The third-order valence-electron chi connectivity index (χ3n) is 5.94. The van der Waals surface area contributed by atoms with Gasteiger partial charge in [0.2, 0.25) is 0 Å². The first-order valence-electron chi connectivity index (χ1n) is 11.4. The van der Waals surface area contributed by atoms with E-state index < -0.39 is 5.79 Å². The number of rotatable bonds is 5. The maximum atomic E-state index is 13.0. The number of H-pyrrole nitrogens is 1. The second kappa shape index (κ2) is 8.62. The lowest BCUT2D eigenvalue weighted by atomic mass is 9.97. The predicted molar refractivity (Wildman–Crippen MR) is 135 cm³/mol. The Bertz CT molecular complexity index is 1610. The lowest BCUT2D eigenvalue weighted by Crippen LogP contribution is -2.36. The third kappa shape index (κ3) is 3.79. The summed E-state index contributed by atoms with van der Waals surface area (Å²) in [7, 11) is 0. The molecule has 0 atom stereocenters. The molecular formula is C27H21N5O3S. The van der Waals surface area contributed by atoms with E-state index in [4.69, 9.17) is 21.7 Å². The summed E-state index contributed by atoms with van der Waals surface area (Å²) in [6, 6.07) is 26.4. The fraction of sp³-hybridized carbons (Fsp3) is 0.111. The molecular weight excluding hydrogens is 474 g/mol. The van der Waals surface area contributed by atoms with Gasteiger partial charge in [-0.1, -0.05) is 72.9 Å². The Labute approximate surface area is 211 Å². The van der Waals surface area contributed by atoms with Crippen LogP contribution in [0.15, 0.2) is 84.9 Å². The highest BCUT2D eigenvalue weighted by Gasteiger charge is 2.45. The molecule has 0 unspecified atom stereocenters. The summed E-state index contributed by atoms with van der Waals surface area (Å²) in [5.74, 6) is 0.647. The van der Waals surface area contributed by atoms with Gasteiger partial charge in [0.1, 0.15) is 10.5 Å². The second-order valence-corrected chi connectivity index (χ2v) is 8.86. The molecule has 1 aliphatic heterocycles. The van der Waals surface area contributed by atoms with E-state index in [9.17, 15) is 4.79 Å². The van der Waals surface area contributed by atoms with Gasteiger partial charge >= 0.3 is 5.79 Å². The summed E-state index contributed by atoms with van der Waals surface area (Å²) < 4.78 is 15.0. The van der Waals surface area contributed by atoms with Crippen molar-refractivity contribution >= 4 is 23.9 Å². The van der Waals surface area contributed by atoms with Gasteiger partial charge in [0, 0.05) is 22.4 Å². The summed E-state index contributed by atoms with van der Waals surface area (Å²) in [4.78, 5) is 21.7. The minimum absolute atomic E-state index is 0.183. The second-order valence-electron chi connectivity index (χ2n) is 8.44. The molecule has 2 N–H and O–H groups in total. The zero-order valence-electron chi connectivity index (χ0n) is 19.3. The Hall–Kier alpha value is -4.50. The van der Waals surface area contributed by atoms with E-state index in [1.807, 2.05) is 67.6 Å². The molecule has 8 nitrogen and oxygen atoms in total. The van der Waals surface area contributed by atoms with Crippen molar-refractivity contribution in [2.45, 2.75) is 19.3 Å². The van der Waals surface area contributed by atoms with Gasteiger partial charge < -0.3 is 14.8 Å². The number of aromatic amines is 1. The predicted octanol–water partition coefficient (Wildman–Crippen LogP) is 4.70. The molecule has 178 valence electrons. The largest absolute Gasteiger partial charge is 0.440 e. The Balaban J connectivity index is 1.25. The summed E-state index contributed by atoms with van der Waals surface area (Å²) in [6.45, 7) is 2.04. The van der Waals surface area contributed by atoms with Crippen molar-refractivity contribution in [3.05, 3.63) is 118 Å². The molecule has 0 saturated heterocycles. The highest BCUT2D eigenvalue weighted by atomic mass is 32.1. The molecule has 9 heteroatoms. The summed E-state index contributed by atoms with van der Waals surface area (Å²) in [5, 5.41) is 5.95. The summed E-state index contributed by atoms with van der Waals surface area (Å²) >= 11 is 5.34. The van der Waals surface area contributed by atoms with Crippen LogP contribution in [0.1, 0.15) is 33.0 Å². The third-order valence-corrected chi connectivity index (χ3v) is 6.24. The van der Waals surface area contributed by atoms with Gasteiger partial charge in [-0.25, -0.2) is 9.50 Å². The summed E-state index contributed by atoms with van der Waals surface area (Å²) in [5.41, 5.74) is 2.93.